The fraction of sp³-hybridized carbons (Fsp3) is 0.462. The Morgan fingerprint density at radius 1 is 1.03 bits per heavy atom. The summed E-state index contributed by atoms with van der Waals surface area (Å²) >= 11 is 15.6. The number of carbonyl (C=O) groups is 2. The third kappa shape index (κ3) is 6.41. The molecule has 1 N–H and O–H groups in total. The Morgan fingerprint density at radius 3 is 2.32 bits per heavy atom. The first-order chi connectivity index (χ1) is 17.8. The average Bonchev–Trinajstić information content (AvgIpc) is 2.88. The molecule has 4 rings (SSSR count). The molecule has 2 aliphatic rings. The maximum absolute atomic E-state index is 13.5. The smallest absolute Gasteiger partial charge is 0.416 e. The number of amides is 2. The van der Waals surface area contributed by atoms with Crippen molar-refractivity contribution in [1.29, 1.82) is 0 Å². The van der Waals surface area contributed by atoms with Gasteiger partial charge in [0, 0.05) is 61.3 Å². The van der Waals surface area contributed by atoms with Crippen LogP contribution in [0.5, 0.6) is 0 Å². The van der Waals surface area contributed by atoms with E-state index in [2.05, 4.69) is 20.8 Å². The molecular weight excluding hydrogens is 610 g/mol. The van der Waals surface area contributed by atoms with E-state index >= 15 is 0 Å². The number of carboxylic acid groups (broad SMARTS) is 1. The molecule has 2 saturated heterocycles. The van der Waals surface area contributed by atoms with Crippen molar-refractivity contribution in [2.45, 2.75) is 43.4 Å². The van der Waals surface area contributed by atoms with Crippen LogP contribution in [-0.2, 0) is 6.18 Å². The molecule has 0 aliphatic carbocycles. The third-order valence-corrected chi connectivity index (χ3v) is 8.72. The van der Waals surface area contributed by atoms with Gasteiger partial charge in [-0.05, 0) is 55.2 Å². The number of rotatable bonds is 4. The van der Waals surface area contributed by atoms with Crippen molar-refractivity contribution in [2.24, 2.45) is 0 Å². The molecule has 0 radical (unpaired) electrons. The molecule has 2 atom stereocenters. The van der Waals surface area contributed by atoms with Crippen molar-refractivity contribution >= 4 is 51.1 Å². The van der Waals surface area contributed by atoms with E-state index in [9.17, 15) is 27.9 Å². The van der Waals surface area contributed by atoms with Gasteiger partial charge >= 0.3 is 12.3 Å². The molecule has 2 heterocycles. The van der Waals surface area contributed by atoms with E-state index in [0.717, 1.165) is 17.7 Å². The summed E-state index contributed by atoms with van der Waals surface area (Å²) in [6, 6.07) is 8.45. The van der Waals surface area contributed by atoms with Crippen LogP contribution in [0.3, 0.4) is 0 Å². The predicted molar refractivity (Wildman–Crippen MR) is 143 cm³/mol. The van der Waals surface area contributed by atoms with Gasteiger partial charge in [-0.3, -0.25) is 9.69 Å². The lowest BCUT2D eigenvalue weighted by Crippen LogP contribution is -2.55. The van der Waals surface area contributed by atoms with Crippen LogP contribution in [0.25, 0.3) is 0 Å². The van der Waals surface area contributed by atoms with Crippen LogP contribution in [-0.4, -0.2) is 77.1 Å². The molecule has 6 nitrogen and oxygen atoms in total. The Bertz CT molecular complexity index is 1210. The molecule has 2 fully saturated rings. The van der Waals surface area contributed by atoms with E-state index in [1.54, 1.807) is 19.2 Å². The van der Waals surface area contributed by atoms with E-state index in [1.807, 2.05) is 6.07 Å². The zero-order chi connectivity index (χ0) is 27.8. The Balaban J connectivity index is 1.60. The Labute approximate surface area is 237 Å². The number of halogens is 6. The van der Waals surface area contributed by atoms with Crippen LogP contribution in [0.4, 0.5) is 18.0 Å². The topological polar surface area (TPSA) is 64.1 Å². The van der Waals surface area contributed by atoms with Gasteiger partial charge in [-0.25, -0.2) is 4.79 Å². The van der Waals surface area contributed by atoms with Crippen molar-refractivity contribution in [3.8, 4) is 0 Å². The Morgan fingerprint density at radius 2 is 1.71 bits per heavy atom. The van der Waals surface area contributed by atoms with Crippen LogP contribution in [0.2, 0.25) is 10.0 Å². The van der Waals surface area contributed by atoms with E-state index in [0.29, 0.717) is 55.5 Å². The monoisotopic (exact) mass is 635 g/mol. The summed E-state index contributed by atoms with van der Waals surface area (Å²) in [6.45, 7) is 2.18. The van der Waals surface area contributed by atoms with E-state index in [1.165, 1.54) is 15.9 Å². The highest BCUT2D eigenvalue weighted by Gasteiger charge is 2.39. The van der Waals surface area contributed by atoms with Crippen LogP contribution < -0.4 is 0 Å². The van der Waals surface area contributed by atoms with Crippen molar-refractivity contribution in [3.63, 3.8) is 0 Å². The molecular formula is C26H27BrCl2F3N3O3. The highest BCUT2D eigenvalue weighted by molar-refractivity contribution is 9.10. The van der Waals surface area contributed by atoms with Crippen molar-refractivity contribution in [2.75, 3.05) is 33.2 Å². The second kappa shape index (κ2) is 11.6. The quantitative estimate of drug-likeness (QED) is 0.399. The Hall–Kier alpha value is -2.01. The first-order valence-corrected chi connectivity index (χ1v) is 13.7. The molecule has 12 heteroatoms. The second-order valence-corrected chi connectivity index (χ2v) is 11.5. The number of benzene rings is 2. The summed E-state index contributed by atoms with van der Waals surface area (Å²) in [5.41, 5.74) is -0.0697. The minimum atomic E-state index is -4.58. The lowest BCUT2D eigenvalue weighted by Gasteiger charge is -2.47. The van der Waals surface area contributed by atoms with Gasteiger partial charge in [0.1, 0.15) is 0 Å². The SMILES string of the molecule is CN(C(=O)c1cc(Br)cc(C(F)(F)F)c1)[C@@H]1CCN(C2CCN(C(=O)O)CC2)C[C@H]1c1ccc(Cl)c(Cl)c1. The van der Waals surface area contributed by atoms with Gasteiger partial charge in [0.05, 0.1) is 15.6 Å². The van der Waals surface area contributed by atoms with Gasteiger partial charge in [0.15, 0.2) is 0 Å². The molecule has 0 aromatic heterocycles. The van der Waals surface area contributed by atoms with Gasteiger partial charge in [-0.2, -0.15) is 13.2 Å². The summed E-state index contributed by atoms with van der Waals surface area (Å²) in [4.78, 5) is 30.1. The van der Waals surface area contributed by atoms with Gasteiger partial charge in [0.2, 0.25) is 0 Å². The molecule has 206 valence electrons. The maximum Gasteiger partial charge on any atom is 0.416 e. The van der Waals surface area contributed by atoms with Gasteiger partial charge in [-0.1, -0.05) is 45.2 Å². The van der Waals surface area contributed by atoms with Gasteiger partial charge in [0.25, 0.3) is 5.91 Å². The lowest BCUT2D eigenvalue weighted by atomic mass is 9.83. The number of nitrogens with zero attached hydrogens (tertiary/aromatic N) is 3. The summed E-state index contributed by atoms with van der Waals surface area (Å²) in [5, 5.41) is 10.1. The largest absolute Gasteiger partial charge is 0.465 e. The average molecular weight is 637 g/mol. The fourth-order valence-electron chi connectivity index (χ4n) is 5.48. The number of hydrogen-bond donors (Lipinski definition) is 1. The maximum atomic E-state index is 13.5. The van der Waals surface area contributed by atoms with Crippen LogP contribution in [0.1, 0.15) is 46.7 Å². The first-order valence-electron chi connectivity index (χ1n) is 12.2. The summed E-state index contributed by atoms with van der Waals surface area (Å²) in [7, 11) is 1.62. The molecule has 0 unspecified atom stereocenters. The normalized spacial score (nSPS) is 21.4. The molecule has 0 bridgehead atoms. The molecule has 2 aliphatic heterocycles. The van der Waals surface area contributed by atoms with Crippen molar-refractivity contribution in [1.82, 2.24) is 14.7 Å². The molecule has 38 heavy (non-hydrogen) atoms. The summed E-state index contributed by atoms with van der Waals surface area (Å²) in [6.07, 6.45) is -3.50. The van der Waals surface area contributed by atoms with Gasteiger partial charge in [-0.15, -0.1) is 0 Å². The van der Waals surface area contributed by atoms with E-state index in [-0.39, 0.29) is 28.0 Å². The summed E-state index contributed by atoms with van der Waals surface area (Å²) < 4.78 is 40.4. The lowest BCUT2D eigenvalue weighted by molar-refractivity contribution is -0.137. The molecule has 2 amide bonds. The molecule has 2 aromatic rings. The minimum absolute atomic E-state index is 0.0504. The van der Waals surface area contributed by atoms with E-state index in [4.69, 9.17) is 23.2 Å². The summed E-state index contributed by atoms with van der Waals surface area (Å²) in [5.74, 6) is -0.686. The minimum Gasteiger partial charge on any atom is -0.465 e. The van der Waals surface area contributed by atoms with Crippen LogP contribution in [0, 0.1) is 0 Å². The second-order valence-electron chi connectivity index (χ2n) is 9.77. The van der Waals surface area contributed by atoms with Gasteiger partial charge < -0.3 is 14.9 Å². The molecule has 2 aromatic carbocycles. The number of likely N-dealkylation sites (N-methyl/N-ethyl adjacent to an activating group) is 1. The molecule has 0 saturated carbocycles. The first kappa shape index (κ1) is 29.0. The van der Waals surface area contributed by atoms with E-state index < -0.39 is 23.7 Å². The van der Waals surface area contributed by atoms with Crippen molar-refractivity contribution < 1.29 is 27.9 Å². The third-order valence-electron chi connectivity index (χ3n) is 7.52. The molecule has 0 spiro atoms. The zero-order valence-electron chi connectivity index (χ0n) is 20.5. The van der Waals surface area contributed by atoms with Crippen LogP contribution in [0.15, 0.2) is 40.9 Å². The Kier molecular flexibility index (Phi) is 8.86. The number of piperidine rings is 2. The number of carbonyl (C=O) groups excluding carboxylic acids is 1. The zero-order valence-corrected chi connectivity index (χ0v) is 23.6. The highest BCUT2D eigenvalue weighted by atomic mass is 79.9. The predicted octanol–water partition coefficient (Wildman–Crippen LogP) is 6.85. The standard InChI is InChI=1S/C26H27BrCl2F3N3O3/c1-33(24(36)16-10-17(26(30,31)32)13-18(27)11-16)23-6-9-35(19-4-7-34(8-5-19)25(37)38)14-20(23)15-2-3-21(28)22(29)12-15/h2-3,10-13,19-20,23H,4-9,14H2,1H3,(H,37,38)/t20-,23+/m0/s1. The number of likely N-dealkylation sites (tertiary alicyclic amines) is 2. The number of hydrogen-bond acceptors (Lipinski definition) is 3. The van der Waals surface area contributed by atoms with Crippen LogP contribution >= 0.6 is 39.1 Å². The number of alkyl halides is 3. The highest BCUT2D eigenvalue weighted by Crippen LogP contribution is 2.37. The van der Waals surface area contributed by atoms with Crippen molar-refractivity contribution in [3.05, 3.63) is 67.6 Å². The fourth-order valence-corrected chi connectivity index (χ4v) is 6.28.